The highest BCUT2D eigenvalue weighted by atomic mass is 19.4. The van der Waals surface area contributed by atoms with Crippen molar-refractivity contribution >= 4 is 11.9 Å². The van der Waals surface area contributed by atoms with E-state index in [4.69, 9.17) is 0 Å². The summed E-state index contributed by atoms with van der Waals surface area (Å²) in [6.07, 6.45) is -2.47. The van der Waals surface area contributed by atoms with Crippen LogP contribution in [0.1, 0.15) is 30.9 Å². The van der Waals surface area contributed by atoms with Crippen molar-refractivity contribution in [3.63, 3.8) is 0 Å². The Balaban J connectivity index is 1.89. The number of likely N-dealkylation sites (N-methyl/N-ethyl adjacent to an activating group) is 1. The lowest BCUT2D eigenvalue weighted by molar-refractivity contribution is -0.137. The van der Waals surface area contributed by atoms with E-state index in [0.29, 0.717) is 12.5 Å². The number of hydrogen-bond donors (Lipinski definition) is 2. The van der Waals surface area contributed by atoms with Crippen LogP contribution in [0, 0.1) is 0 Å². The first kappa shape index (κ1) is 23.0. The molecule has 1 amide bonds. The topological polar surface area (TPSA) is 60.0 Å². The summed E-state index contributed by atoms with van der Waals surface area (Å²) < 4.78 is 38.0. The molecule has 1 heterocycles. The number of carbonyl (C=O) groups is 1. The molecule has 1 atom stereocenters. The van der Waals surface area contributed by atoms with Gasteiger partial charge in [0.05, 0.1) is 5.56 Å². The van der Waals surface area contributed by atoms with Crippen LogP contribution in [0.5, 0.6) is 0 Å². The molecule has 1 fully saturated rings. The molecule has 2 N–H and O–H groups in total. The molecule has 0 radical (unpaired) electrons. The number of carbonyl (C=O) groups excluding carboxylic acids is 1. The fourth-order valence-corrected chi connectivity index (χ4v) is 3.03. The molecular weight excluding hydrogens is 383 g/mol. The predicted molar refractivity (Wildman–Crippen MR) is 108 cm³/mol. The standard InChI is InChI=1S/C20H30F3N5O/c1-4-10-24-19(25-12-18(29)27(2)3)26-17-9-11-28(14-17)13-15-5-7-16(8-6-15)20(21,22)23/h5-8,17H,4,9-14H2,1-3H3,(H2,24,25,26). The first-order valence-electron chi connectivity index (χ1n) is 9.82. The van der Waals surface area contributed by atoms with E-state index in [-0.39, 0.29) is 18.5 Å². The lowest BCUT2D eigenvalue weighted by Gasteiger charge is -2.19. The van der Waals surface area contributed by atoms with Crippen LogP contribution in [0.4, 0.5) is 13.2 Å². The maximum Gasteiger partial charge on any atom is 0.416 e. The first-order chi connectivity index (χ1) is 13.7. The maximum absolute atomic E-state index is 12.7. The fourth-order valence-electron chi connectivity index (χ4n) is 3.03. The van der Waals surface area contributed by atoms with Crippen molar-refractivity contribution in [1.29, 1.82) is 0 Å². The second kappa shape index (κ2) is 10.5. The van der Waals surface area contributed by atoms with Gasteiger partial charge in [0, 0.05) is 46.3 Å². The number of aliphatic imine (C=N–C) groups is 1. The van der Waals surface area contributed by atoms with Crippen LogP contribution in [0.2, 0.25) is 0 Å². The highest BCUT2D eigenvalue weighted by Gasteiger charge is 2.30. The van der Waals surface area contributed by atoms with Crippen molar-refractivity contribution in [2.75, 3.05) is 40.3 Å². The van der Waals surface area contributed by atoms with Crippen LogP contribution < -0.4 is 10.6 Å². The van der Waals surface area contributed by atoms with Crippen LogP contribution in [0.25, 0.3) is 0 Å². The van der Waals surface area contributed by atoms with E-state index in [1.165, 1.54) is 17.0 Å². The van der Waals surface area contributed by atoms with Crippen molar-refractivity contribution in [3.05, 3.63) is 35.4 Å². The zero-order chi connectivity index (χ0) is 21.4. The number of nitrogens with zero attached hydrogens (tertiary/aromatic N) is 3. The number of alkyl halides is 3. The monoisotopic (exact) mass is 413 g/mol. The van der Waals surface area contributed by atoms with Gasteiger partial charge in [-0.3, -0.25) is 9.69 Å². The molecule has 1 aliphatic rings. The van der Waals surface area contributed by atoms with E-state index in [1.54, 1.807) is 14.1 Å². The molecule has 1 saturated heterocycles. The second-order valence-electron chi connectivity index (χ2n) is 7.44. The molecule has 0 saturated carbocycles. The number of nitrogens with one attached hydrogen (secondary N) is 2. The molecule has 6 nitrogen and oxygen atoms in total. The van der Waals surface area contributed by atoms with Crippen molar-refractivity contribution in [2.24, 2.45) is 4.99 Å². The summed E-state index contributed by atoms with van der Waals surface area (Å²) in [5.41, 5.74) is 0.227. The van der Waals surface area contributed by atoms with E-state index in [0.717, 1.165) is 50.2 Å². The third kappa shape index (κ3) is 7.56. The average molecular weight is 413 g/mol. The summed E-state index contributed by atoms with van der Waals surface area (Å²) in [6.45, 7) is 5.09. The first-order valence-corrected chi connectivity index (χ1v) is 9.82. The molecule has 1 aromatic carbocycles. The second-order valence-corrected chi connectivity index (χ2v) is 7.44. The van der Waals surface area contributed by atoms with Gasteiger partial charge in [-0.05, 0) is 30.5 Å². The molecule has 29 heavy (non-hydrogen) atoms. The molecular formula is C20H30F3N5O. The SMILES string of the molecule is CCCNC(=NCC(=O)N(C)C)NC1CCN(Cc2ccc(C(F)(F)F)cc2)C1. The van der Waals surface area contributed by atoms with Gasteiger partial charge in [0.2, 0.25) is 5.91 Å². The minimum Gasteiger partial charge on any atom is -0.356 e. The number of guanidine groups is 1. The third-order valence-electron chi connectivity index (χ3n) is 4.71. The fraction of sp³-hybridized carbons (Fsp3) is 0.600. The molecule has 1 unspecified atom stereocenters. The van der Waals surface area contributed by atoms with Gasteiger partial charge in [-0.15, -0.1) is 0 Å². The molecule has 2 rings (SSSR count). The number of hydrogen-bond acceptors (Lipinski definition) is 3. The highest BCUT2D eigenvalue weighted by molar-refractivity contribution is 5.84. The lowest BCUT2D eigenvalue weighted by atomic mass is 10.1. The minimum absolute atomic E-state index is 0.0713. The summed E-state index contributed by atoms with van der Waals surface area (Å²) >= 11 is 0. The Kier molecular flexibility index (Phi) is 8.31. The normalized spacial score (nSPS) is 18.0. The van der Waals surface area contributed by atoms with Gasteiger partial charge in [-0.2, -0.15) is 13.2 Å². The lowest BCUT2D eigenvalue weighted by Crippen LogP contribution is -2.45. The number of benzene rings is 1. The van der Waals surface area contributed by atoms with Crippen LogP contribution in [0.3, 0.4) is 0 Å². The van der Waals surface area contributed by atoms with Gasteiger partial charge in [0.15, 0.2) is 5.96 Å². The van der Waals surface area contributed by atoms with Gasteiger partial charge in [-0.1, -0.05) is 19.1 Å². The number of likely N-dealkylation sites (tertiary alicyclic amines) is 1. The molecule has 1 aromatic rings. The summed E-state index contributed by atoms with van der Waals surface area (Å²) in [5, 5.41) is 6.59. The summed E-state index contributed by atoms with van der Waals surface area (Å²) in [5.74, 6) is 0.543. The van der Waals surface area contributed by atoms with Crippen LogP contribution >= 0.6 is 0 Å². The number of halogens is 3. The molecule has 9 heteroatoms. The third-order valence-corrected chi connectivity index (χ3v) is 4.71. The molecule has 0 aliphatic carbocycles. The Labute approximate surface area is 170 Å². The smallest absolute Gasteiger partial charge is 0.356 e. The van der Waals surface area contributed by atoms with E-state index in [1.807, 2.05) is 0 Å². The van der Waals surface area contributed by atoms with E-state index < -0.39 is 11.7 Å². The summed E-state index contributed by atoms with van der Waals surface area (Å²) in [6, 6.07) is 5.49. The quantitative estimate of drug-likeness (QED) is 0.532. The van der Waals surface area contributed by atoms with Crippen molar-refractivity contribution in [3.8, 4) is 0 Å². The maximum atomic E-state index is 12.7. The van der Waals surface area contributed by atoms with Gasteiger partial charge >= 0.3 is 6.18 Å². The predicted octanol–water partition coefficient (Wildman–Crippen LogP) is 2.31. The van der Waals surface area contributed by atoms with Crippen LogP contribution in [-0.2, 0) is 17.5 Å². The molecule has 0 aromatic heterocycles. The molecule has 162 valence electrons. The van der Waals surface area contributed by atoms with E-state index >= 15 is 0 Å². The van der Waals surface area contributed by atoms with Crippen molar-refractivity contribution in [2.45, 2.75) is 38.5 Å². The zero-order valence-electron chi connectivity index (χ0n) is 17.2. The summed E-state index contributed by atoms with van der Waals surface area (Å²) in [4.78, 5) is 19.8. The molecule has 1 aliphatic heterocycles. The van der Waals surface area contributed by atoms with Crippen LogP contribution in [0.15, 0.2) is 29.3 Å². The Bertz CT molecular complexity index is 688. The number of rotatable bonds is 7. The largest absolute Gasteiger partial charge is 0.416 e. The van der Waals surface area contributed by atoms with Crippen molar-refractivity contribution < 1.29 is 18.0 Å². The summed E-state index contributed by atoms with van der Waals surface area (Å²) in [7, 11) is 3.39. The van der Waals surface area contributed by atoms with Gasteiger partial charge in [-0.25, -0.2) is 4.99 Å². The van der Waals surface area contributed by atoms with E-state index in [9.17, 15) is 18.0 Å². The van der Waals surface area contributed by atoms with E-state index in [2.05, 4.69) is 27.4 Å². The Morgan fingerprint density at radius 2 is 1.97 bits per heavy atom. The zero-order valence-corrected chi connectivity index (χ0v) is 17.2. The Hall–Kier alpha value is -2.29. The van der Waals surface area contributed by atoms with Gasteiger partial charge in [0.25, 0.3) is 0 Å². The van der Waals surface area contributed by atoms with Gasteiger partial charge in [0.1, 0.15) is 6.54 Å². The Morgan fingerprint density at radius 3 is 2.55 bits per heavy atom. The van der Waals surface area contributed by atoms with Crippen LogP contribution in [-0.4, -0.2) is 68.0 Å². The van der Waals surface area contributed by atoms with Gasteiger partial charge < -0.3 is 15.5 Å². The average Bonchev–Trinajstić information content (AvgIpc) is 3.10. The Morgan fingerprint density at radius 1 is 1.28 bits per heavy atom. The molecule has 0 spiro atoms. The minimum atomic E-state index is -4.31. The highest BCUT2D eigenvalue weighted by Crippen LogP contribution is 2.29. The van der Waals surface area contributed by atoms with Crippen molar-refractivity contribution in [1.82, 2.24) is 20.4 Å². The number of amides is 1. The molecule has 0 bridgehead atoms.